The number of nitrogens with zero attached hydrogens (tertiary/aromatic N) is 1. The van der Waals surface area contributed by atoms with Crippen LogP contribution in [0.3, 0.4) is 0 Å². The molecule has 2 nitrogen and oxygen atoms in total. The molecule has 14 heavy (non-hydrogen) atoms. The molecule has 0 N–H and O–H groups in total. The Morgan fingerprint density at radius 2 is 2.29 bits per heavy atom. The molecule has 1 aromatic rings. The quantitative estimate of drug-likeness (QED) is 0.763. The molecule has 4 heteroatoms. The van der Waals surface area contributed by atoms with E-state index >= 15 is 0 Å². The van der Waals surface area contributed by atoms with Crippen LogP contribution in [0.25, 0.3) is 0 Å². The Labute approximate surface area is 89.5 Å². The molecule has 0 aliphatic rings. The molecule has 72 valence electrons. The van der Waals surface area contributed by atoms with E-state index in [1.165, 1.54) is 19.1 Å². The molecule has 1 aromatic carbocycles. The van der Waals surface area contributed by atoms with Gasteiger partial charge in [0, 0.05) is 0 Å². The van der Waals surface area contributed by atoms with Gasteiger partial charge in [0.15, 0.2) is 0 Å². The molecule has 1 rings (SSSR count). The van der Waals surface area contributed by atoms with E-state index < -0.39 is 10.6 Å². The van der Waals surface area contributed by atoms with Crippen molar-refractivity contribution in [2.75, 3.05) is 0 Å². The molecular formula is C10H7BrFNO. The topological polar surface area (TPSA) is 40.9 Å². The number of carbonyl (C=O) groups excluding carboxylic acids is 1. The maximum Gasteiger partial charge on any atom is 0.147 e. The molecule has 0 saturated carbocycles. The molecule has 0 bridgehead atoms. The van der Waals surface area contributed by atoms with Crippen molar-refractivity contribution in [2.24, 2.45) is 0 Å². The van der Waals surface area contributed by atoms with Crippen LogP contribution in [-0.2, 0) is 4.79 Å². The molecule has 0 spiro atoms. The predicted octanol–water partition coefficient (Wildman–Crippen LogP) is 2.72. The summed E-state index contributed by atoms with van der Waals surface area (Å²) in [6.07, 6.45) is 0. The summed E-state index contributed by atoms with van der Waals surface area (Å²) < 4.78 is 13.1. The van der Waals surface area contributed by atoms with Gasteiger partial charge in [-0.3, -0.25) is 4.79 Å². The van der Waals surface area contributed by atoms with Crippen LogP contribution in [0.15, 0.2) is 18.2 Å². The number of alkyl halides is 1. The second kappa shape index (κ2) is 4.34. The summed E-state index contributed by atoms with van der Waals surface area (Å²) in [5.74, 6) is -0.761. The minimum absolute atomic E-state index is 0.0791. The standard InChI is InChI=1S/C10H7BrFNO/c1-6(14)10(11)7-3-2-4-9(12)8(7)5-13/h2-4,10H,1H3. The SMILES string of the molecule is CC(=O)C(Br)c1cccc(F)c1C#N. The highest BCUT2D eigenvalue weighted by Gasteiger charge is 2.18. The van der Waals surface area contributed by atoms with Crippen molar-refractivity contribution in [3.63, 3.8) is 0 Å². The molecule has 1 atom stereocenters. The van der Waals surface area contributed by atoms with Crippen molar-refractivity contribution >= 4 is 21.7 Å². The third-order valence-electron chi connectivity index (χ3n) is 1.79. The van der Waals surface area contributed by atoms with E-state index in [0.717, 1.165) is 0 Å². The summed E-state index contributed by atoms with van der Waals surface area (Å²) >= 11 is 3.11. The Bertz CT molecular complexity index is 411. The predicted molar refractivity (Wildman–Crippen MR) is 53.5 cm³/mol. The third kappa shape index (κ3) is 1.99. The van der Waals surface area contributed by atoms with Crippen LogP contribution in [0.2, 0.25) is 0 Å². The molecular weight excluding hydrogens is 249 g/mol. The zero-order valence-corrected chi connectivity index (χ0v) is 9.01. The Morgan fingerprint density at radius 1 is 1.64 bits per heavy atom. The molecule has 0 aromatic heterocycles. The summed E-state index contributed by atoms with van der Waals surface area (Å²) in [4.78, 5) is 10.4. The number of nitriles is 1. The molecule has 0 radical (unpaired) electrons. The average molecular weight is 256 g/mol. The Kier molecular flexibility index (Phi) is 3.37. The van der Waals surface area contributed by atoms with Gasteiger partial charge in [-0.1, -0.05) is 28.1 Å². The smallest absolute Gasteiger partial charge is 0.147 e. The van der Waals surface area contributed by atoms with Crippen molar-refractivity contribution in [1.29, 1.82) is 5.26 Å². The van der Waals surface area contributed by atoms with E-state index in [1.54, 1.807) is 12.1 Å². The van der Waals surface area contributed by atoms with E-state index in [2.05, 4.69) is 15.9 Å². The lowest BCUT2D eigenvalue weighted by Crippen LogP contribution is -2.04. The third-order valence-corrected chi connectivity index (χ3v) is 2.93. The molecule has 0 amide bonds. The highest BCUT2D eigenvalue weighted by molar-refractivity contribution is 9.09. The van der Waals surface area contributed by atoms with Crippen LogP contribution in [0, 0.1) is 17.1 Å². The van der Waals surface area contributed by atoms with Crippen LogP contribution in [-0.4, -0.2) is 5.78 Å². The summed E-state index contributed by atoms with van der Waals surface area (Å²) in [7, 11) is 0. The van der Waals surface area contributed by atoms with Crippen molar-refractivity contribution < 1.29 is 9.18 Å². The van der Waals surface area contributed by atoms with Gasteiger partial charge < -0.3 is 0 Å². The second-order valence-corrected chi connectivity index (χ2v) is 3.70. The lowest BCUT2D eigenvalue weighted by molar-refractivity contribution is -0.116. The van der Waals surface area contributed by atoms with Crippen molar-refractivity contribution in [3.05, 3.63) is 35.1 Å². The largest absolute Gasteiger partial charge is 0.298 e. The Hall–Kier alpha value is -1.21. The van der Waals surface area contributed by atoms with Crippen molar-refractivity contribution in [2.45, 2.75) is 11.8 Å². The van der Waals surface area contributed by atoms with Gasteiger partial charge in [-0.25, -0.2) is 4.39 Å². The molecule has 0 fully saturated rings. The van der Waals surface area contributed by atoms with Gasteiger partial charge >= 0.3 is 0 Å². The first-order chi connectivity index (χ1) is 6.57. The first-order valence-corrected chi connectivity index (χ1v) is 4.82. The molecule has 0 heterocycles. The summed E-state index contributed by atoms with van der Waals surface area (Å²) in [5, 5.41) is 8.71. The number of rotatable bonds is 2. The maximum atomic E-state index is 13.1. The number of hydrogen-bond donors (Lipinski definition) is 0. The normalized spacial score (nSPS) is 11.9. The second-order valence-electron chi connectivity index (χ2n) is 2.79. The zero-order chi connectivity index (χ0) is 10.7. The number of ketones is 1. The molecule has 1 unspecified atom stereocenters. The van der Waals surface area contributed by atoms with Gasteiger partial charge in [-0.05, 0) is 18.6 Å². The highest BCUT2D eigenvalue weighted by atomic mass is 79.9. The fraction of sp³-hybridized carbons (Fsp3) is 0.200. The fourth-order valence-corrected chi connectivity index (χ4v) is 1.47. The summed E-state index contributed by atoms with van der Waals surface area (Å²) in [5.41, 5.74) is 0.296. The van der Waals surface area contributed by atoms with Gasteiger partial charge in [0.2, 0.25) is 0 Å². The van der Waals surface area contributed by atoms with Crippen LogP contribution in [0.5, 0.6) is 0 Å². The molecule has 0 saturated heterocycles. The van der Waals surface area contributed by atoms with E-state index in [1.807, 2.05) is 0 Å². The van der Waals surface area contributed by atoms with Gasteiger partial charge in [0.25, 0.3) is 0 Å². The monoisotopic (exact) mass is 255 g/mol. The average Bonchev–Trinajstić information content (AvgIpc) is 2.16. The van der Waals surface area contributed by atoms with E-state index in [4.69, 9.17) is 5.26 Å². The fourth-order valence-electron chi connectivity index (χ4n) is 1.09. The first kappa shape index (κ1) is 10.9. The number of benzene rings is 1. The summed E-state index contributed by atoms with van der Waals surface area (Å²) in [6, 6.07) is 5.97. The van der Waals surface area contributed by atoms with Crippen LogP contribution >= 0.6 is 15.9 Å². The number of carbonyl (C=O) groups is 1. The molecule has 0 aliphatic carbocycles. The number of halogens is 2. The highest BCUT2D eigenvalue weighted by Crippen LogP contribution is 2.27. The van der Waals surface area contributed by atoms with Gasteiger partial charge in [0.05, 0.1) is 10.4 Å². The zero-order valence-electron chi connectivity index (χ0n) is 7.42. The lowest BCUT2D eigenvalue weighted by atomic mass is 10.0. The lowest BCUT2D eigenvalue weighted by Gasteiger charge is -2.08. The van der Waals surface area contributed by atoms with E-state index in [9.17, 15) is 9.18 Å². The van der Waals surface area contributed by atoms with E-state index in [-0.39, 0.29) is 11.3 Å². The number of Topliss-reactive ketones (excluding diaryl/α,β-unsaturated/α-hetero) is 1. The minimum Gasteiger partial charge on any atom is -0.298 e. The van der Waals surface area contributed by atoms with Gasteiger partial charge in [-0.15, -0.1) is 0 Å². The van der Waals surface area contributed by atoms with Crippen LogP contribution in [0.1, 0.15) is 22.9 Å². The van der Waals surface area contributed by atoms with Gasteiger partial charge in [-0.2, -0.15) is 5.26 Å². The first-order valence-electron chi connectivity index (χ1n) is 3.91. The van der Waals surface area contributed by atoms with Crippen LogP contribution < -0.4 is 0 Å². The van der Waals surface area contributed by atoms with Crippen molar-refractivity contribution in [1.82, 2.24) is 0 Å². The molecule has 0 aliphatic heterocycles. The Morgan fingerprint density at radius 3 is 2.79 bits per heavy atom. The summed E-state index contributed by atoms with van der Waals surface area (Å²) in [6.45, 7) is 1.38. The maximum absolute atomic E-state index is 13.1. The van der Waals surface area contributed by atoms with Crippen molar-refractivity contribution in [3.8, 4) is 6.07 Å². The van der Waals surface area contributed by atoms with E-state index in [0.29, 0.717) is 5.56 Å². The Balaban J connectivity index is 3.29. The van der Waals surface area contributed by atoms with Gasteiger partial charge in [0.1, 0.15) is 17.7 Å². The van der Waals surface area contributed by atoms with Crippen LogP contribution in [0.4, 0.5) is 4.39 Å². The number of hydrogen-bond acceptors (Lipinski definition) is 2. The minimum atomic E-state index is -0.618.